The fourth-order valence-corrected chi connectivity index (χ4v) is 2.35. The van der Waals surface area contributed by atoms with Gasteiger partial charge in [-0.1, -0.05) is 6.07 Å². The van der Waals surface area contributed by atoms with E-state index in [1.165, 1.54) is 7.11 Å². The maximum atomic E-state index is 11.3. The van der Waals surface area contributed by atoms with Crippen molar-refractivity contribution in [3.05, 3.63) is 29.3 Å². The van der Waals surface area contributed by atoms with Crippen LogP contribution in [0.3, 0.4) is 0 Å². The number of aromatic nitrogens is 2. The second kappa shape index (κ2) is 5.14. The number of esters is 1. The summed E-state index contributed by atoms with van der Waals surface area (Å²) < 4.78 is 6.54. The Labute approximate surface area is 104 Å². The van der Waals surface area contributed by atoms with Gasteiger partial charge in [0.2, 0.25) is 0 Å². The van der Waals surface area contributed by atoms with E-state index in [4.69, 9.17) is 4.74 Å². The third kappa shape index (κ3) is 2.55. The van der Waals surface area contributed by atoms with E-state index in [0.717, 1.165) is 22.7 Å². The average Bonchev–Trinajstić information content (AvgIpc) is 2.96. The van der Waals surface area contributed by atoms with Crippen LogP contribution in [0.15, 0.2) is 23.7 Å². The summed E-state index contributed by atoms with van der Waals surface area (Å²) in [6, 6.07) is 3.99. The normalized spacial score (nSPS) is 10.5. The first-order valence-corrected chi connectivity index (χ1v) is 6.29. The quantitative estimate of drug-likeness (QED) is 0.782. The summed E-state index contributed by atoms with van der Waals surface area (Å²) in [4.78, 5) is 12.4. The van der Waals surface area contributed by atoms with Gasteiger partial charge in [-0.2, -0.15) is 5.10 Å². The standard InChI is InChI=1S/C12H14N2O2S/c1-3-14-8-9(7-11(15)16-2)12(13-14)10-5-4-6-17-10/h4-6,8H,3,7H2,1-2H3. The van der Waals surface area contributed by atoms with Crippen molar-refractivity contribution in [2.75, 3.05) is 7.11 Å². The molecular weight excluding hydrogens is 236 g/mol. The van der Waals surface area contributed by atoms with Crippen molar-refractivity contribution in [1.82, 2.24) is 9.78 Å². The van der Waals surface area contributed by atoms with Crippen molar-refractivity contribution in [1.29, 1.82) is 0 Å². The second-order valence-electron chi connectivity index (χ2n) is 3.59. The van der Waals surface area contributed by atoms with Crippen LogP contribution in [-0.4, -0.2) is 22.9 Å². The topological polar surface area (TPSA) is 44.1 Å². The summed E-state index contributed by atoms with van der Waals surface area (Å²) in [5.41, 5.74) is 1.80. The highest BCUT2D eigenvalue weighted by Crippen LogP contribution is 2.27. The fourth-order valence-electron chi connectivity index (χ4n) is 1.60. The summed E-state index contributed by atoms with van der Waals surface area (Å²) in [7, 11) is 1.40. The van der Waals surface area contributed by atoms with Crippen molar-refractivity contribution in [3.8, 4) is 10.6 Å². The third-order valence-electron chi connectivity index (χ3n) is 2.48. The Morgan fingerprint density at radius 3 is 3.00 bits per heavy atom. The number of ether oxygens (including phenoxy) is 1. The lowest BCUT2D eigenvalue weighted by atomic mass is 10.1. The van der Waals surface area contributed by atoms with E-state index in [0.29, 0.717) is 0 Å². The molecule has 0 aliphatic rings. The van der Waals surface area contributed by atoms with Gasteiger partial charge in [-0.3, -0.25) is 9.48 Å². The van der Waals surface area contributed by atoms with Crippen LogP contribution >= 0.6 is 11.3 Å². The number of aryl methyl sites for hydroxylation is 1. The first-order chi connectivity index (χ1) is 8.24. The Hall–Kier alpha value is -1.62. The van der Waals surface area contributed by atoms with E-state index in [2.05, 4.69) is 5.10 Å². The lowest BCUT2D eigenvalue weighted by molar-refractivity contribution is -0.139. The van der Waals surface area contributed by atoms with Crippen LogP contribution < -0.4 is 0 Å². The van der Waals surface area contributed by atoms with Crippen LogP contribution in [0.1, 0.15) is 12.5 Å². The zero-order valence-electron chi connectivity index (χ0n) is 9.84. The lowest BCUT2D eigenvalue weighted by Crippen LogP contribution is -2.04. The number of nitrogens with zero attached hydrogens (tertiary/aromatic N) is 2. The minimum absolute atomic E-state index is 0.238. The first-order valence-electron chi connectivity index (χ1n) is 5.41. The molecule has 0 atom stereocenters. The molecule has 0 fully saturated rings. The smallest absolute Gasteiger partial charge is 0.310 e. The molecule has 0 unspecified atom stereocenters. The van der Waals surface area contributed by atoms with Gasteiger partial charge in [0.25, 0.3) is 0 Å². The number of rotatable bonds is 4. The van der Waals surface area contributed by atoms with Gasteiger partial charge in [-0.15, -0.1) is 11.3 Å². The Bertz CT molecular complexity index is 503. The number of hydrogen-bond donors (Lipinski definition) is 0. The maximum absolute atomic E-state index is 11.3. The SMILES string of the molecule is CCn1cc(CC(=O)OC)c(-c2cccs2)n1. The molecule has 0 radical (unpaired) electrons. The molecule has 0 aromatic carbocycles. The van der Waals surface area contributed by atoms with Crippen molar-refractivity contribution >= 4 is 17.3 Å². The molecule has 0 spiro atoms. The Kier molecular flexibility index (Phi) is 3.58. The molecule has 0 saturated carbocycles. The monoisotopic (exact) mass is 250 g/mol. The van der Waals surface area contributed by atoms with E-state index >= 15 is 0 Å². The summed E-state index contributed by atoms with van der Waals surface area (Å²) in [6.07, 6.45) is 2.18. The van der Waals surface area contributed by atoms with E-state index in [9.17, 15) is 4.79 Å². The van der Waals surface area contributed by atoms with Gasteiger partial charge < -0.3 is 4.74 Å². The molecule has 2 aromatic rings. The van der Waals surface area contributed by atoms with E-state index in [-0.39, 0.29) is 12.4 Å². The number of carbonyl (C=O) groups is 1. The first kappa shape index (κ1) is 11.9. The minimum Gasteiger partial charge on any atom is -0.469 e. The molecule has 0 aliphatic heterocycles. The van der Waals surface area contributed by atoms with E-state index in [1.807, 2.05) is 35.3 Å². The zero-order valence-corrected chi connectivity index (χ0v) is 10.7. The van der Waals surface area contributed by atoms with Crippen LogP contribution in [0.2, 0.25) is 0 Å². The van der Waals surface area contributed by atoms with Gasteiger partial charge in [0.15, 0.2) is 0 Å². The van der Waals surface area contributed by atoms with Crippen molar-refractivity contribution < 1.29 is 9.53 Å². The summed E-state index contributed by atoms with van der Waals surface area (Å²) in [5, 5.41) is 6.48. The van der Waals surface area contributed by atoms with Gasteiger partial charge in [0.05, 0.1) is 18.4 Å². The van der Waals surface area contributed by atoms with Crippen LogP contribution in [0, 0.1) is 0 Å². The van der Waals surface area contributed by atoms with E-state index < -0.39 is 0 Å². The van der Waals surface area contributed by atoms with Gasteiger partial charge in [-0.25, -0.2) is 0 Å². The molecule has 5 heteroatoms. The summed E-state index contributed by atoms with van der Waals surface area (Å²) >= 11 is 1.62. The van der Waals surface area contributed by atoms with Gasteiger partial charge in [0, 0.05) is 18.3 Å². The molecule has 0 amide bonds. The molecule has 0 bridgehead atoms. The van der Waals surface area contributed by atoms with Crippen molar-refractivity contribution in [2.24, 2.45) is 0 Å². The Morgan fingerprint density at radius 2 is 2.41 bits per heavy atom. The molecule has 17 heavy (non-hydrogen) atoms. The number of thiophene rings is 1. The Morgan fingerprint density at radius 1 is 1.59 bits per heavy atom. The molecule has 0 saturated heterocycles. The largest absolute Gasteiger partial charge is 0.469 e. The summed E-state index contributed by atoms with van der Waals surface area (Å²) in [6.45, 7) is 2.81. The molecule has 2 aromatic heterocycles. The lowest BCUT2D eigenvalue weighted by Gasteiger charge is -1.98. The molecule has 4 nitrogen and oxygen atoms in total. The van der Waals surface area contributed by atoms with Crippen LogP contribution in [0.4, 0.5) is 0 Å². The highest BCUT2D eigenvalue weighted by atomic mass is 32.1. The highest BCUT2D eigenvalue weighted by molar-refractivity contribution is 7.13. The predicted octanol–water partition coefficient (Wildman–Crippen LogP) is 2.35. The molecular formula is C12H14N2O2S. The van der Waals surface area contributed by atoms with Crippen molar-refractivity contribution in [3.63, 3.8) is 0 Å². The fraction of sp³-hybridized carbons (Fsp3) is 0.333. The van der Waals surface area contributed by atoms with E-state index in [1.54, 1.807) is 11.3 Å². The molecule has 2 heterocycles. The average molecular weight is 250 g/mol. The van der Waals surface area contributed by atoms with Gasteiger partial charge in [-0.05, 0) is 18.4 Å². The predicted molar refractivity (Wildman–Crippen MR) is 66.9 cm³/mol. The molecule has 0 N–H and O–H groups in total. The van der Waals surface area contributed by atoms with Crippen LogP contribution in [0.5, 0.6) is 0 Å². The summed E-state index contributed by atoms with van der Waals surface area (Å²) in [5.74, 6) is -0.238. The number of hydrogen-bond acceptors (Lipinski definition) is 4. The zero-order chi connectivity index (χ0) is 12.3. The number of methoxy groups -OCH3 is 1. The van der Waals surface area contributed by atoms with Gasteiger partial charge in [0.1, 0.15) is 5.69 Å². The minimum atomic E-state index is -0.238. The Balaban J connectivity index is 2.36. The highest BCUT2D eigenvalue weighted by Gasteiger charge is 2.14. The van der Waals surface area contributed by atoms with Crippen LogP contribution in [0.25, 0.3) is 10.6 Å². The van der Waals surface area contributed by atoms with Crippen molar-refractivity contribution in [2.45, 2.75) is 19.9 Å². The molecule has 90 valence electrons. The maximum Gasteiger partial charge on any atom is 0.310 e. The molecule has 0 aliphatic carbocycles. The third-order valence-corrected chi connectivity index (χ3v) is 3.36. The molecule has 2 rings (SSSR count). The number of carbonyl (C=O) groups excluding carboxylic acids is 1. The second-order valence-corrected chi connectivity index (χ2v) is 4.54. The van der Waals surface area contributed by atoms with Gasteiger partial charge >= 0.3 is 5.97 Å². The van der Waals surface area contributed by atoms with Crippen LogP contribution in [-0.2, 0) is 22.5 Å².